The molecule has 1 aromatic carbocycles. The molecule has 1 unspecified atom stereocenters. The van der Waals surface area contributed by atoms with Crippen LogP contribution in [-0.4, -0.2) is 24.6 Å². The van der Waals surface area contributed by atoms with Crippen LogP contribution < -0.4 is 15.8 Å². The molecule has 0 saturated carbocycles. The molecule has 1 aromatic rings. The van der Waals surface area contributed by atoms with Crippen molar-refractivity contribution >= 4 is 5.91 Å². The molecule has 106 valence electrons. The minimum Gasteiger partial charge on any atom is -0.493 e. The van der Waals surface area contributed by atoms with Crippen molar-refractivity contribution in [1.82, 2.24) is 5.32 Å². The summed E-state index contributed by atoms with van der Waals surface area (Å²) in [5, 5.41) is 3.12. The first kappa shape index (κ1) is 15.5. The molecule has 0 radical (unpaired) electrons. The Balaban J connectivity index is 2.59. The van der Waals surface area contributed by atoms with Gasteiger partial charge in [-0.3, -0.25) is 4.79 Å². The van der Waals surface area contributed by atoms with Crippen LogP contribution in [-0.2, 0) is 11.2 Å². The Morgan fingerprint density at radius 2 is 2.05 bits per heavy atom. The highest BCUT2D eigenvalue weighted by Crippen LogP contribution is 2.19. The highest BCUT2D eigenvalue weighted by Gasteiger charge is 2.29. The fourth-order valence-electron chi connectivity index (χ4n) is 1.99. The number of nitrogens with one attached hydrogen (secondary N) is 1. The molecule has 0 saturated heterocycles. The monoisotopic (exact) mass is 264 g/mol. The summed E-state index contributed by atoms with van der Waals surface area (Å²) in [6.07, 6.45) is 1.48. The summed E-state index contributed by atoms with van der Waals surface area (Å²) in [7, 11) is 0. The highest BCUT2D eigenvalue weighted by atomic mass is 16.5. The zero-order valence-corrected chi connectivity index (χ0v) is 12.0. The van der Waals surface area contributed by atoms with Gasteiger partial charge in [0.15, 0.2) is 0 Å². The Morgan fingerprint density at radius 3 is 2.63 bits per heavy atom. The van der Waals surface area contributed by atoms with E-state index in [-0.39, 0.29) is 5.91 Å². The molecule has 0 aliphatic carbocycles. The molecule has 4 nitrogen and oxygen atoms in total. The van der Waals surface area contributed by atoms with Crippen LogP contribution in [0.3, 0.4) is 0 Å². The molecule has 0 aliphatic rings. The Morgan fingerprint density at radius 1 is 1.37 bits per heavy atom. The first-order valence-electron chi connectivity index (χ1n) is 6.79. The van der Waals surface area contributed by atoms with E-state index in [0.717, 1.165) is 12.2 Å². The third kappa shape index (κ3) is 4.24. The van der Waals surface area contributed by atoms with Crippen molar-refractivity contribution in [3.63, 3.8) is 0 Å². The SMILES string of the molecule is CCNC(C)(CCOc1ccccc1CC)C(N)=O. The average Bonchev–Trinajstić information content (AvgIpc) is 2.39. The van der Waals surface area contributed by atoms with Gasteiger partial charge in [-0.2, -0.15) is 0 Å². The number of aryl methyl sites for hydroxylation is 1. The van der Waals surface area contributed by atoms with Crippen molar-refractivity contribution in [3.8, 4) is 5.75 Å². The van der Waals surface area contributed by atoms with E-state index < -0.39 is 5.54 Å². The van der Waals surface area contributed by atoms with Gasteiger partial charge in [-0.15, -0.1) is 0 Å². The van der Waals surface area contributed by atoms with E-state index in [1.807, 2.05) is 38.1 Å². The molecule has 1 rings (SSSR count). The molecule has 0 fully saturated rings. The van der Waals surface area contributed by atoms with E-state index in [4.69, 9.17) is 10.5 Å². The van der Waals surface area contributed by atoms with Gasteiger partial charge in [0.25, 0.3) is 0 Å². The quantitative estimate of drug-likeness (QED) is 0.753. The fourth-order valence-corrected chi connectivity index (χ4v) is 1.99. The van der Waals surface area contributed by atoms with Crippen molar-refractivity contribution in [2.75, 3.05) is 13.2 Å². The molecule has 3 N–H and O–H groups in total. The summed E-state index contributed by atoms with van der Waals surface area (Å²) < 4.78 is 5.77. The minimum atomic E-state index is -0.712. The van der Waals surface area contributed by atoms with Crippen LogP contribution in [0.25, 0.3) is 0 Å². The van der Waals surface area contributed by atoms with E-state index in [2.05, 4.69) is 12.2 Å². The van der Waals surface area contributed by atoms with Gasteiger partial charge < -0.3 is 15.8 Å². The summed E-state index contributed by atoms with van der Waals surface area (Å²) in [6, 6.07) is 7.95. The van der Waals surface area contributed by atoms with Crippen LogP contribution >= 0.6 is 0 Å². The van der Waals surface area contributed by atoms with E-state index in [1.54, 1.807) is 0 Å². The molecule has 4 heteroatoms. The summed E-state index contributed by atoms with van der Waals surface area (Å²) in [6.45, 7) is 7.02. The number of amides is 1. The van der Waals surface area contributed by atoms with Gasteiger partial charge in [0.1, 0.15) is 5.75 Å². The fraction of sp³-hybridized carbons (Fsp3) is 0.533. The topological polar surface area (TPSA) is 64.3 Å². The smallest absolute Gasteiger partial charge is 0.237 e. The van der Waals surface area contributed by atoms with E-state index in [9.17, 15) is 4.79 Å². The number of carbonyl (C=O) groups is 1. The number of likely N-dealkylation sites (N-methyl/N-ethyl adjacent to an activating group) is 1. The number of primary amides is 1. The van der Waals surface area contributed by atoms with Crippen molar-refractivity contribution < 1.29 is 9.53 Å². The van der Waals surface area contributed by atoms with E-state index in [0.29, 0.717) is 19.6 Å². The molecule has 0 aliphatic heterocycles. The average molecular weight is 264 g/mol. The van der Waals surface area contributed by atoms with E-state index in [1.165, 1.54) is 5.56 Å². The number of hydrogen-bond acceptors (Lipinski definition) is 3. The summed E-state index contributed by atoms with van der Waals surface area (Å²) in [5.41, 5.74) is 5.90. The number of hydrogen-bond donors (Lipinski definition) is 2. The second-order valence-corrected chi connectivity index (χ2v) is 4.79. The van der Waals surface area contributed by atoms with Gasteiger partial charge in [0.2, 0.25) is 5.91 Å². The Bertz CT molecular complexity index is 420. The third-order valence-corrected chi connectivity index (χ3v) is 3.32. The maximum Gasteiger partial charge on any atom is 0.237 e. The molecule has 0 spiro atoms. The van der Waals surface area contributed by atoms with Crippen molar-refractivity contribution in [3.05, 3.63) is 29.8 Å². The number of rotatable bonds is 8. The number of para-hydroxylation sites is 1. The van der Waals surface area contributed by atoms with Crippen LogP contribution in [0.15, 0.2) is 24.3 Å². The molecule has 19 heavy (non-hydrogen) atoms. The van der Waals surface area contributed by atoms with Gasteiger partial charge >= 0.3 is 0 Å². The lowest BCUT2D eigenvalue weighted by molar-refractivity contribution is -0.124. The van der Waals surface area contributed by atoms with Crippen LogP contribution in [0.2, 0.25) is 0 Å². The standard InChI is InChI=1S/C15H24N2O2/c1-4-12-8-6-7-9-13(12)19-11-10-15(3,14(16)18)17-5-2/h6-9,17H,4-5,10-11H2,1-3H3,(H2,16,18). The molecule has 1 atom stereocenters. The zero-order valence-electron chi connectivity index (χ0n) is 12.0. The summed E-state index contributed by atoms with van der Waals surface area (Å²) >= 11 is 0. The van der Waals surface area contributed by atoms with Gasteiger partial charge in [-0.25, -0.2) is 0 Å². The number of carbonyl (C=O) groups excluding carboxylic acids is 1. The van der Waals surface area contributed by atoms with Crippen LogP contribution in [0.1, 0.15) is 32.8 Å². The highest BCUT2D eigenvalue weighted by molar-refractivity contribution is 5.84. The first-order chi connectivity index (χ1) is 9.03. The molecule has 0 heterocycles. The summed E-state index contributed by atoms with van der Waals surface area (Å²) in [4.78, 5) is 11.5. The second kappa shape index (κ2) is 7.14. The first-order valence-corrected chi connectivity index (χ1v) is 6.79. The van der Waals surface area contributed by atoms with Gasteiger partial charge in [-0.05, 0) is 31.5 Å². The van der Waals surface area contributed by atoms with E-state index >= 15 is 0 Å². The largest absolute Gasteiger partial charge is 0.493 e. The Labute approximate surface area is 115 Å². The molecular formula is C15H24N2O2. The number of nitrogens with two attached hydrogens (primary N) is 1. The lowest BCUT2D eigenvalue weighted by atomic mass is 9.97. The van der Waals surface area contributed by atoms with Crippen LogP contribution in [0.5, 0.6) is 5.75 Å². The predicted octanol–water partition coefficient (Wildman–Crippen LogP) is 1.87. The van der Waals surface area contributed by atoms with Crippen LogP contribution in [0, 0.1) is 0 Å². The molecule has 0 aromatic heterocycles. The number of benzene rings is 1. The molecular weight excluding hydrogens is 240 g/mol. The van der Waals surface area contributed by atoms with Crippen LogP contribution in [0.4, 0.5) is 0 Å². The summed E-state index contributed by atoms with van der Waals surface area (Å²) in [5.74, 6) is 0.537. The Hall–Kier alpha value is -1.55. The lowest BCUT2D eigenvalue weighted by Crippen LogP contribution is -2.53. The number of ether oxygens (including phenoxy) is 1. The van der Waals surface area contributed by atoms with Crippen molar-refractivity contribution in [1.29, 1.82) is 0 Å². The van der Waals surface area contributed by atoms with Gasteiger partial charge in [0, 0.05) is 6.42 Å². The van der Waals surface area contributed by atoms with Crippen molar-refractivity contribution in [2.45, 2.75) is 39.2 Å². The minimum absolute atomic E-state index is 0.346. The zero-order chi connectivity index (χ0) is 14.3. The maximum atomic E-state index is 11.5. The van der Waals surface area contributed by atoms with Gasteiger partial charge in [-0.1, -0.05) is 32.0 Å². The van der Waals surface area contributed by atoms with Gasteiger partial charge in [0.05, 0.1) is 12.1 Å². The Kier molecular flexibility index (Phi) is 5.83. The lowest BCUT2D eigenvalue weighted by Gasteiger charge is -2.27. The maximum absolute atomic E-state index is 11.5. The predicted molar refractivity (Wildman–Crippen MR) is 77.2 cm³/mol. The van der Waals surface area contributed by atoms with Crippen molar-refractivity contribution in [2.24, 2.45) is 5.73 Å². The normalized spacial score (nSPS) is 13.8. The molecule has 1 amide bonds. The molecule has 0 bridgehead atoms. The third-order valence-electron chi connectivity index (χ3n) is 3.32. The second-order valence-electron chi connectivity index (χ2n) is 4.79.